The molecule has 0 aromatic rings. The molecule has 0 aliphatic heterocycles. The summed E-state index contributed by atoms with van der Waals surface area (Å²) < 4.78 is 11.0. The first-order chi connectivity index (χ1) is 3.66. The van der Waals surface area contributed by atoms with Gasteiger partial charge in [-0.2, -0.15) is 0 Å². The lowest BCUT2D eigenvalue weighted by molar-refractivity contribution is 0.186. The maximum absolute atomic E-state index is 8.07. The smallest absolute Gasteiger partial charge is 0.402 e. The molecule has 0 bridgehead atoms. The second-order valence-electron chi connectivity index (χ2n) is 1.04. The van der Waals surface area contributed by atoms with E-state index in [0.29, 0.717) is 6.42 Å². The van der Waals surface area contributed by atoms with Crippen LogP contribution >= 0.6 is 0 Å². The molecule has 4 heteroatoms. The molecule has 1 atom stereocenters. The van der Waals surface area contributed by atoms with Crippen molar-refractivity contribution in [1.29, 1.82) is 0 Å². The predicted octanol–water partition coefficient (Wildman–Crippen LogP) is -0.617. The highest BCUT2D eigenvalue weighted by Gasteiger charge is 2.04. The standard InChI is InChI=1S/C3H9BO3/c1-2-3-7-4(5)6/h5-6H,2-3H2,1H3/i3T. The van der Waals surface area contributed by atoms with Crippen LogP contribution in [-0.4, -0.2) is 24.0 Å². The van der Waals surface area contributed by atoms with E-state index in [-0.39, 0.29) is 0 Å². The average molecular weight is 106 g/mol. The van der Waals surface area contributed by atoms with Gasteiger partial charge in [-0.15, -0.1) is 0 Å². The van der Waals surface area contributed by atoms with Crippen LogP contribution in [0.2, 0.25) is 0 Å². The molecule has 0 heterocycles. The van der Waals surface area contributed by atoms with Crippen molar-refractivity contribution in [2.45, 2.75) is 13.3 Å². The Balaban J connectivity index is 3.10. The molecule has 0 aliphatic rings. The maximum Gasteiger partial charge on any atom is 0.633 e. The van der Waals surface area contributed by atoms with Crippen LogP contribution in [0.3, 0.4) is 0 Å². The summed E-state index contributed by atoms with van der Waals surface area (Å²) in [6, 6.07) is 0. The molecular formula is C3H9BO3. The van der Waals surface area contributed by atoms with Crippen molar-refractivity contribution < 1.29 is 16.1 Å². The fraction of sp³-hybridized carbons (Fsp3) is 1.00. The first-order valence-corrected chi connectivity index (χ1v) is 2.10. The molecule has 2 N–H and O–H groups in total. The van der Waals surface area contributed by atoms with Gasteiger partial charge in [0.2, 0.25) is 0 Å². The first-order valence-electron chi connectivity index (χ1n) is 2.68. The van der Waals surface area contributed by atoms with Crippen LogP contribution in [0, 0.1) is 0 Å². The van der Waals surface area contributed by atoms with Crippen molar-refractivity contribution in [2.75, 3.05) is 6.58 Å². The van der Waals surface area contributed by atoms with Crippen LogP contribution in [0.1, 0.15) is 14.7 Å². The third kappa shape index (κ3) is 5.94. The highest BCUT2D eigenvalue weighted by atomic mass is 16.6. The third-order valence-electron chi connectivity index (χ3n) is 0.385. The van der Waals surface area contributed by atoms with Crippen LogP contribution in [-0.2, 0) is 4.65 Å². The van der Waals surface area contributed by atoms with Gasteiger partial charge < -0.3 is 14.7 Å². The molecule has 1 unspecified atom stereocenters. The second-order valence-corrected chi connectivity index (χ2v) is 1.04. The molecule has 0 saturated carbocycles. The van der Waals surface area contributed by atoms with Gasteiger partial charge in [0, 0.05) is 6.58 Å². The molecule has 0 amide bonds. The summed E-state index contributed by atoms with van der Waals surface area (Å²) in [7, 11) is -1.81. The van der Waals surface area contributed by atoms with Gasteiger partial charge in [-0.25, -0.2) is 0 Å². The van der Waals surface area contributed by atoms with Gasteiger partial charge >= 0.3 is 7.32 Å². The molecule has 3 nitrogen and oxygen atoms in total. The summed E-state index contributed by atoms with van der Waals surface area (Å²) in [6.45, 7) is 0.898. The normalized spacial score (nSPS) is 15.6. The highest BCUT2D eigenvalue weighted by Crippen LogP contribution is 1.78. The molecular weight excluding hydrogens is 94.8 g/mol. The third-order valence-corrected chi connectivity index (χ3v) is 0.385. The lowest BCUT2D eigenvalue weighted by atomic mass is 10.3. The topological polar surface area (TPSA) is 49.7 Å². The van der Waals surface area contributed by atoms with E-state index in [4.69, 9.17) is 11.4 Å². The summed E-state index contributed by atoms with van der Waals surface area (Å²) in [5.41, 5.74) is 0. The zero-order chi connectivity index (χ0) is 6.57. The van der Waals surface area contributed by atoms with E-state index in [1.54, 1.807) is 6.92 Å². The molecule has 0 aromatic heterocycles. The molecule has 0 aliphatic carbocycles. The molecule has 7 heavy (non-hydrogen) atoms. The van der Waals surface area contributed by atoms with Crippen molar-refractivity contribution in [3.8, 4) is 0 Å². The summed E-state index contributed by atoms with van der Waals surface area (Å²) >= 11 is 0. The van der Waals surface area contributed by atoms with Crippen molar-refractivity contribution >= 4 is 7.32 Å². The molecule has 0 saturated heterocycles. The largest absolute Gasteiger partial charge is 0.633 e. The van der Waals surface area contributed by atoms with E-state index < -0.39 is 13.9 Å². The van der Waals surface area contributed by atoms with Gasteiger partial charge in [0.15, 0.2) is 0 Å². The maximum atomic E-state index is 8.07. The van der Waals surface area contributed by atoms with E-state index in [1.165, 1.54) is 0 Å². The van der Waals surface area contributed by atoms with Crippen molar-refractivity contribution in [2.24, 2.45) is 0 Å². The zero-order valence-corrected chi connectivity index (χ0v) is 4.16. The molecule has 0 spiro atoms. The number of hydrogen-bond acceptors (Lipinski definition) is 3. The fourth-order valence-corrected chi connectivity index (χ4v) is 0.182. The minimum absolute atomic E-state index is 0.456. The second kappa shape index (κ2) is 4.11. The van der Waals surface area contributed by atoms with Gasteiger partial charge in [0.1, 0.15) is 0 Å². The van der Waals surface area contributed by atoms with E-state index in [1.807, 2.05) is 0 Å². The Kier molecular flexibility index (Phi) is 2.99. The lowest BCUT2D eigenvalue weighted by Gasteiger charge is -1.95. The van der Waals surface area contributed by atoms with E-state index in [9.17, 15) is 0 Å². The Bertz CT molecular complexity index is 60.5. The van der Waals surface area contributed by atoms with Crippen LogP contribution in [0.4, 0.5) is 0 Å². The molecule has 0 aromatic carbocycles. The highest BCUT2D eigenvalue weighted by molar-refractivity contribution is 6.32. The SMILES string of the molecule is [3H]C(CC)OB(O)O. The number of rotatable bonds is 3. The Morgan fingerprint density at radius 1 is 1.86 bits per heavy atom. The van der Waals surface area contributed by atoms with E-state index >= 15 is 0 Å². The van der Waals surface area contributed by atoms with Crippen LogP contribution in [0.25, 0.3) is 0 Å². The summed E-state index contributed by atoms with van der Waals surface area (Å²) in [5.74, 6) is 0. The zero-order valence-electron chi connectivity index (χ0n) is 5.16. The Morgan fingerprint density at radius 3 is 2.57 bits per heavy atom. The van der Waals surface area contributed by atoms with Crippen LogP contribution < -0.4 is 0 Å². The van der Waals surface area contributed by atoms with Crippen molar-refractivity contribution in [1.82, 2.24) is 0 Å². The minimum Gasteiger partial charge on any atom is -0.402 e. The van der Waals surface area contributed by atoms with Crippen molar-refractivity contribution in [3.05, 3.63) is 0 Å². The van der Waals surface area contributed by atoms with E-state index in [0.717, 1.165) is 0 Å². The van der Waals surface area contributed by atoms with Gasteiger partial charge in [-0.3, -0.25) is 0 Å². The monoisotopic (exact) mass is 106 g/mol. The molecule has 42 valence electrons. The Morgan fingerprint density at radius 2 is 2.43 bits per heavy atom. The van der Waals surface area contributed by atoms with Crippen LogP contribution in [0.5, 0.6) is 0 Å². The Hall–Kier alpha value is -0.0551. The molecule has 0 fully saturated rings. The minimum atomic E-state index is -1.81. The summed E-state index contributed by atoms with van der Waals surface area (Å²) in [4.78, 5) is 0. The Labute approximate surface area is 44.5 Å². The molecule has 0 radical (unpaired) electrons. The lowest BCUT2D eigenvalue weighted by Crippen LogP contribution is -2.16. The predicted molar refractivity (Wildman–Crippen MR) is 26.4 cm³/mol. The quantitative estimate of drug-likeness (QED) is 0.471. The van der Waals surface area contributed by atoms with Crippen molar-refractivity contribution in [3.63, 3.8) is 0 Å². The van der Waals surface area contributed by atoms with Gasteiger partial charge in [0.05, 0.1) is 1.37 Å². The fourth-order valence-electron chi connectivity index (χ4n) is 0.182. The average Bonchev–Trinajstić information content (AvgIpc) is 1.65. The van der Waals surface area contributed by atoms with Gasteiger partial charge in [-0.05, 0) is 6.42 Å². The van der Waals surface area contributed by atoms with E-state index in [2.05, 4.69) is 4.65 Å². The molecule has 0 rings (SSSR count). The van der Waals surface area contributed by atoms with Gasteiger partial charge in [-0.1, -0.05) is 6.92 Å². The number of hydrogen-bond donors (Lipinski definition) is 2. The summed E-state index contributed by atoms with van der Waals surface area (Å²) in [5, 5.41) is 16.1. The van der Waals surface area contributed by atoms with Gasteiger partial charge in [0.25, 0.3) is 0 Å². The summed E-state index contributed by atoms with van der Waals surface area (Å²) in [6.07, 6.45) is 0.456. The van der Waals surface area contributed by atoms with Crippen LogP contribution in [0.15, 0.2) is 0 Å². The first kappa shape index (κ1) is 5.09.